The van der Waals surface area contributed by atoms with E-state index in [1.165, 1.54) is 10.5 Å². The second kappa shape index (κ2) is 6.16. The number of urea groups is 1. The molecule has 3 aliphatic rings. The van der Waals surface area contributed by atoms with Crippen molar-refractivity contribution in [3.63, 3.8) is 0 Å². The molecule has 2 atom stereocenters. The summed E-state index contributed by atoms with van der Waals surface area (Å²) in [4.78, 5) is 37.1. The number of hydrogen-bond acceptors (Lipinski definition) is 5. The van der Waals surface area contributed by atoms with Crippen molar-refractivity contribution in [1.82, 2.24) is 14.7 Å². The molecule has 7 heteroatoms. The number of anilines is 1. The summed E-state index contributed by atoms with van der Waals surface area (Å²) in [5.74, 6) is 0.581. The second-order valence-electron chi connectivity index (χ2n) is 6.78. The van der Waals surface area contributed by atoms with Gasteiger partial charge >= 0.3 is 6.03 Å². The largest absolute Gasteiger partial charge is 0.328 e. The maximum atomic E-state index is 12.9. The lowest BCUT2D eigenvalue weighted by atomic mass is 10.1. The van der Waals surface area contributed by atoms with Crippen molar-refractivity contribution in [1.29, 1.82) is 0 Å². The molecule has 0 saturated carbocycles. The van der Waals surface area contributed by atoms with Crippen LogP contribution in [0.3, 0.4) is 0 Å². The van der Waals surface area contributed by atoms with Crippen LogP contribution < -0.4 is 4.90 Å². The van der Waals surface area contributed by atoms with Gasteiger partial charge in [0.2, 0.25) is 5.96 Å². The lowest BCUT2D eigenvalue weighted by molar-refractivity contribution is -0.136. The number of fused-ring (bicyclic) bond motifs is 3. The molecule has 0 radical (unpaired) electrons. The first-order valence-corrected chi connectivity index (χ1v) is 8.96. The fourth-order valence-electron chi connectivity index (χ4n) is 3.89. The maximum absolute atomic E-state index is 12.9. The quantitative estimate of drug-likeness (QED) is 0.770. The predicted molar refractivity (Wildman–Crippen MR) is 100.0 cm³/mol. The number of nitrogens with zero attached hydrogens (tertiary/aromatic N) is 5. The number of guanidine groups is 1. The fraction of sp³-hybridized carbons (Fsp3) is 0.421. The Balaban J connectivity index is 1.65. The summed E-state index contributed by atoms with van der Waals surface area (Å²) in [6.45, 7) is 7.49. The summed E-state index contributed by atoms with van der Waals surface area (Å²) in [6.07, 6.45) is 2.10. The molecule has 0 aliphatic carbocycles. The van der Waals surface area contributed by atoms with E-state index >= 15 is 0 Å². The third-order valence-electron chi connectivity index (χ3n) is 5.35. The topological polar surface area (TPSA) is 59.5 Å². The van der Waals surface area contributed by atoms with E-state index in [-0.39, 0.29) is 18.5 Å². The molecule has 2 saturated heterocycles. The second-order valence-corrected chi connectivity index (χ2v) is 6.78. The van der Waals surface area contributed by atoms with Gasteiger partial charge in [0, 0.05) is 32.4 Å². The molecule has 26 heavy (non-hydrogen) atoms. The highest BCUT2D eigenvalue weighted by atomic mass is 16.2. The van der Waals surface area contributed by atoms with E-state index in [1.54, 1.807) is 18.0 Å². The van der Waals surface area contributed by atoms with Crippen molar-refractivity contribution in [3.05, 3.63) is 42.5 Å². The lowest BCUT2D eigenvalue weighted by Gasteiger charge is -2.40. The molecule has 0 spiro atoms. The standard InChI is InChI=1S/C19H23N5O2/c1-4-10-24-17(25)15-16(21(3)19(24)26)20-18-22(11-12-23(15)18)14-8-6-13(5-2)7-9-14/h4,6-9,15-16H,1,5,10-12H2,2-3H3. The first-order valence-electron chi connectivity index (χ1n) is 8.96. The summed E-state index contributed by atoms with van der Waals surface area (Å²) in [7, 11) is 1.70. The molecule has 1 aromatic rings. The fourth-order valence-corrected chi connectivity index (χ4v) is 3.89. The molecule has 136 valence electrons. The van der Waals surface area contributed by atoms with Crippen LogP contribution >= 0.6 is 0 Å². The van der Waals surface area contributed by atoms with Crippen LogP contribution in [0.4, 0.5) is 10.5 Å². The molecule has 1 aromatic carbocycles. The van der Waals surface area contributed by atoms with E-state index in [2.05, 4.69) is 42.7 Å². The zero-order valence-corrected chi connectivity index (χ0v) is 15.1. The van der Waals surface area contributed by atoms with Crippen molar-refractivity contribution in [2.75, 3.05) is 31.6 Å². The van der Waals surface area contributed by atoms with Crippen LogP contribution in [0.5, 0.6) is 0 Å². The highest BCUT2D eigenvalue weighted by Crippen LogP contribution is 2.33. The number of carbonyl (C=O) groups excluding carboxylic acids is 2. The van der Waals surface area contributed by atoms with Gasteiger partial charge in [-0.1, -0.05) is 25.1 Å². The monoisotopic (exact) mass is 353 g/mol. The van der Waals surface area contributed by atoms with Crippen molar-refractivity contribution in [2.45, 2.75) is 25.6 Å². The number of rotatable bonds is 4. The summed E-state index contributed by atoms with van der Waals surface area (Å²) in [5.41, 5.74) is 2.35. The average molecular weight is 353 g/mol. The van der Waals surface area contributed by atoms with E-state index in [1.807, 2.05) is 4.90 Å². The smallest absolute Gasteiger partial charge is 0.325 e. The number of aliphatic imine (C=N–C) groups is 1. The molecule has 0 N–H and O–H groups in total. The highest BCUT2D eigenvalue weighted by Gasteiger charge is 2.54. The molecular weight excluding hydrogens is 330 g/mol. The Labute approximate surface area is 153 Å². The number of benzene rings is 1. The first-order chi connectivity index (χ1) is 12.6. The van der Waals surface area contributed by atoms with E-state index in [0.717, 1.165) is 24.6 Å². The molecule has 2 unspecified atom stereocenters. The normalized spacial score (nSPS) is 24.8. The van der Waals surface area contributed by atoms with Crippen LogP contribution in [-0.4, -0.2) is 71.5 Å². The van der Waals surface area contributed by atoms with E-state index in [4.69, 9.17) is 4.99 Å². The zero-order valence-electron chi connectivity index (χ0n) is 15.1. The van der Waals surface area contributed by atoms with Gasteiger partial charge in [0.05, 0.1) is 0 Å². The van der Waals surface area contributed by atoms with Gasteiger partial charge in [0.25, 0.3) is 5.91 Å². The number of hydrogen-bond donors (Lipinski definition) is 0. The summed E-state index contributed by atoms with van der Waals surface area (Å²) in [5, 5.41) is 0. The highest BCUT2D eigenvalue weighted by molar-refractivity contribution is 6.08. The summed E-state index contributed by atoms with van der Waals surface area (Å²) < 4.78 is 0. The number of likely N-dealkylation sites (N-methyl/N-ethyl adjacent to an activating group) is 1. The molecule has 0 aromatic heterocycles. The van der Waals surface area contributed by atoms with Gasteiger partial charge in [-0.3, -0.25) is 9.69 Å². The maximum Gasteiger partial charge on any atom is 0.328 e. The van der Waals surface area contributed by atoms with Gasteiger partial charge < -0.3 is 14.7 Å². The molecule has 3 amide bonds. The Morgan fingerprint density at radius 3 is 2.62 bits per heavy atom. The number of imide groups is 1. The van der Waals surface area contributed by atoms with E-state index in [9.17, 15) is 9.59 Å². The van der Waals surface area contributed by atoms with Gasteiger partial charge in [-0.05, 0) is 24.1 Å². The molecule has 3 heterocycles. The van der Waals surface area contributed by atoms with Crippen molar-refractivity contribution < 1.29 is 9.59 Å². The van der Waals surface area contributed by atoms with Crippen LogP contribution in [0.2, 0.25) is 0 Å². The van der Waals surface area contributed by atoms with Crippen molar-refractivity contribution in [2.24, 2.45) is 4.99 Å². The van der Waals surface area contributed by atoms with Crippen LogP contribution in [0.1, 0.15) is 12.5 Å². The van der Waals surface area contributed by atoms with Gasteiger partial charge in [-0.2, -0.15) is 0 Å². The van der Waals surface area contributed by atoms with Gasteiger partial charge in [0.15, 0.2) is 12.2 Å². The molecule has 2 fully saturated rings. The number of carbonyl (C=O) groups is 2. The molecule has 4 rings (SSSR count). The van der Waals surface area contributed by atoms with Crippen LogP contribution in [0.25, 0.3) is 0 Å². The Morgan fingerprint density at radius 2 is 1.96 bits per heavy atom. The molecule has 0 bridgehead atoms. The lowest BCUT2D eigenvalue weighted by Crippen LogP contribution is -2.64. The third-order valence-corrected chi connectivity index (χ3v) is 5.35. The zero-order chi connectivity index (χ0) is 18.4. The number of amides is 3. The van der Waals surface area contributed by atoms with E-state index in [0.29, 0.717) is 6.54 Å². The Hall–Kier alpha value is -2.83. The molecular formula is C19H23N5O2. The number of aryl methyl sites for hydroxylation is 1. The van der Waals surface area contributed by atoms with E-state index < -0.39 is 12.2 Å². The minimum atomic E-state index is -0.469. The molecule has 7 nitrogen and oxygen atoms in total. The minimum absolute atomic E-state index is 0.195. The SMILES string of the molecule is C=CCN1C(=O)C2C(N=C3N(c4ccc(CC)cc4)CCN32)N(C)C1=O. The van der Waals surface area contributed by atoms with Gasteiger partial charge in [-0.15, -0.1) is 6.58 Å². The van der Waals surface area contributed by atoms with Crippen LogP contribution in [0.15, 0.2) is 41.9 Å². The van der Waals surface area contributed by atoms with Crippen LogP contribution in [-0.2, 0) is 11.2 Å². The Morgan fingerprint density at radius 1 is 1.23 bits per heavy atom. The average Bonchev–Trinajstić information content (AvgIpc) is 3.23. The predicted octanol–water partition coefficient (Wildman–Crippen LogP) is 1.52. The molecule has 3 aliphatic heterocycles. The van der Waals surface area contributed by atoms with Crippen molar-refractivity contribution >= 4 is 23.6 Å². The third kappa shape index (κ3) is 2.30. The van der Waals surface area contributed by atoms with Crippen molar-refractivity contribution in [3.8, 4) is 0 Å². The first kappa shape index (κ1) is 16.6. The summed E-state index contributed by atoms with van der Waals surface area (Å²) in [6, 6.07) is 7.65. The van der Waals surface area contributed by atoms with Gasteiger partial charge in [-0.25, -0.2) is 9.79 Å². The van der Waals surface area contributed by atoms with Crippen LogP contribution in [0, 0.1) is 0 Å². The Kier molecular flexibility index (Phi) is 3.94. The minimum Gasteiger partial charge on any atom is -0.325 e. The van der Waals surface area contributed by atoms with Gasteiger partial charge in [0.1, 0.15) is 0 Å². The Bertz CT molecular complexity index is 788. The summed E-state index contributed by atoms with van der Waals surface area (Å²) >= 11 is 0.